The van der Waals surface area contributed by atoms with Crippen molar-refractivity contribution in [2.24, 2.45) is 5.73 Å². The van der Waals surface area contributed by atoms with Gasteiger partial charge < -0.3 is 21.5 Å². The Morgan fingerprint density at radius 1 is 1.09 bits per heavy atom. The van der Waals surface area contributed by atoms with E-state index in [0.717, 1.165) is 0 Å². The number of nitrogens with one attached hydrogen (secondary N) is 1. The first-order valence-electron chi connectivity index (χ1n) is 6.40. The van der Waals surface area contributed by atoms with Crippen LogP contribution < -0.4 is 16.8 Å². The van der Waals surface area contributed by atoms with Crippen molar-refractivity contribution >= 4 is 29.3 Å². The minimum Gasteiger partial charge on any atom is -0.451 e. The van der Waals surface area contributed by atoms with E-state index in [0.29, 0.717) is 11.3 Å². The van der Waals surface area contributed by atoms with E-state index >= 15 is 0 Å². The predicted molar refractivity (Wildman–Crippen MR) is 80.3 cm³/mol. The molecule has 1 aromatic heterocycles. The maximum absolute atomic E-state index is 11.7. The molecule has 2 aromatic rings. The molecule has 0 radical (unpaired) electrons. The van der Waals surface area contributed by atoms with Crippen molar-refractivity contribution in [3.05, 3.63) is 47.9 Å². The zero-order valence-corrected chi connectivity index (χ0v) is 11.9. The topological polar surface area (TPSA) is 150 Å². The highest BCUT2D eigenvalue weighted by Gasteiger charge is 2.15. The molecule has 9 nitrogen and oxygen atoms in total. The fourth-order valence-corrected chi connectivity index (χ4v) is 1.62. The number of nitrogens with two attached hydrogens (primary N) is 2. The molecule has 5 N–H and O–H groups in total. The number of carbonyl (C=O) groups is 3. The molecular weight excluding hydrogens is 302 g/mol. The molecule has 2 rings (SSSR count). The molecule has 9 heteroatoms. The maximum atomic E-state index is 11.7. The number of nitrogen functional groups attached to an aromatic ring is 1. The molecule has 0 aliphatic rings. The lowest BCUT2D eigenvalue weighted by Gasteiger charge is -2.07. The summed E-state index contributed by atoms with van der Waals surface area (Å²) in [5.74, 6) is -2.07. The largest absolute Gasteiger partial charge is 0.451 e. The van der Waals surface area contributed by atoms with Crippen molar-refractivity contribution < 1.29 is 19.1 Å². The van der Waals surface area contributed by atoms with E-state index in [9.17, 15) is 14.4 Å². The number of primary amides is 1. The second-order valence-corrected chi connectivity index (χ2v) is 4.36. The lowest BCUT2D eigenvalue weighted by Crippen LogP contribution is -2.22. The van der Waals surface area contributed by atoms with Crippen molar-refractivity contribution in [1.82, 2.24) is 9.97 Å². The smallest absolute Gasteiger partial charge is 0.361 e. The average Bonchev–Trinajstić information content (AvgIpc) is 2.53. The van der Waals surface area contributed by atoms with Crippen LogP contribution in [0.4, 0.5) is 11.5 Å². The Kier molecular flexibility index (Phi) is 4.82. The Bertz CT molecular complexity index is 745. The Balaban J connectivity index is 1.89. The number of hydrogen-bond acceptors (Lipinski definition) is 7. The zero-order chi connectivity index (χ0) is 16.8. The number of benzene rings is 1. The van der Waals surface area contributed by atoms with E-state index < -0.39 is 24.4 Å². The van der Waals surface area contributed by atoms with Crippen LogP contribution in [0.2, 0.25) is 0 Å². The molecule has 0 spiro atoms. The highest BCUT2D eigenvalue weighted by molar-refractivity contribution is 5.97. The molecule has 0 saturated heterocycles. The van der Waals surface area contributed by atoms with Gasteiger partial charge in [-0.2, -0.15) is 0 Å². The number of anilines is 2. The predicted octanol–water partition coefficient (Wildman–Crippen LogP) is -0.0468. The van der Waals surface area contributed by atoms with Gasteiger partial charge in [-0.05, 0) is 24.3 Å². The van der Waals surface area contributed by atoms with Gasteiger partial charge >= 0.3 is 5.97 Å². The van der Waals surface area contributed by atoms with E-state index in [1.807, 2.05) is 0 Å². The maximum Gasteiger partial charge on any atom is 0.361 e. The molecule has 1 aromatic carbocycles. The van der Waals surface area contributed by atoms with Gasteiger partial charge in [0.2, 0.25) is 5.91 Å². The standard InChI is InChI=1S/C14H13N5O4/c15-12-11(17-5-6-18-12)14(22)23-7-10(20)19-9-3-1-8(2-4-9)13(16)21/h1-6H,7H2,(H2,15,18)(H2,16,21)(H,19,20). The van der Waals surface area contributed by atoms with Gasteiger partial charge in [-0.1, -0.05) is 0 Å². The quantitative estimate of drug-likeness (QED) is 0.654. The third-order valence-electron chi connectivity index (χ3n) is 2.71. The van der Waals surface area contributed by atoms with Crippen LogP contribution in [0.25, 0.3) is 0 Å². The van der Waals surface area contributed by atoms with Gasteiger partial charge in [0, 0.05) is 23.6 Å². The van der Waals surface area contributed by atoms with E-state index in [4.69, 9.17) is 16.2 Å². The third-order valence-corrected chi connectivity index (χ3v) is 2.71. The molecule has 0 unspecified atom stereocenters. The number of amides is 2. The van der Waals surface area contributed by atoms with Gasteiger partial charge in [0.05, 0.1) is 0 Å². The zero-order valence-electron chi connectivity index (χ0n) is 11.9. The van der Waals surface area contributed by atoms with Gasteiger partial charge in [0.25, 0.3) is 5.91 Å². The number of carbonyl (C=O) groups excluding carboxylic acids is 3. The first kappa shape index (κ1) is 15.9. The molecule has 0 aliphatic carbocycles. The van der Waals surface area contributed by atoms with Gasteiger partial charge in [-0.25, -0.2) is 14.8 Å². The molecule has 0 fully saturated rings. The number of ether oxygens (including phenoxy) is 1. The number of esters is 1. The van der Waals surface area contributed by atoms with Crippen molar-refractivity contribution in [1.29, 1.82) is 0 Å². The summed E-state index contributed by atoms with van der Waals surface area (Å²) in [7, 11) is 0. The molecular formula is C14H13N5O4. The summed E-state index contributed by atoms with van der Waals surface area (Å²) in [6.07, 6.45) is 2.61. The molecule has 0 atom stereocenters. The Morgan fingerprint density at radius 2 is 1.74 bits per heavy atom. The van der Waals surface area contributed by atoms with Gasteiger partial charge in [-0.15, -0.1) is 0 Å². The average molecular weight is 315 g/mol. The van der Waals surface area contributed by atoms with E-state index in [1.54, 1.807) is 0 Å². The molecule has 118 valence electrons. The number of aromatic nitrogens is 2. The molecule has 1 heterocycles. The van der Waals surface area contributed by atoms with Crippen LogP contribution in [0.5, 0.6) is 0 Å². The van der Waals surface area contributed by atoms with Crippen molar-refractivity contribution in [3.8, 4) is 0 Å². The van der Waals surface area contributed by atoms with Crippen LogP contribution in [-0.2, 0) is 9.53 Å². The van der Waals surface area contributed by atoms with Crippen molar-refractivity contribution in [2.75, 3.05) is 17.7 Å². The molecule has 0 bridgehead atoms. The summed E-state index contributed by atoms with van der Waals surface area (Å²) in [5, 5.41) is 2.49. The van der Waals surface area contributed by atoms with E-state index in [-0.39, 0.29) is 11.5 Å². The Labute approximate surface area is 130 Å². The lowest BCUT2D eigenvalue weighted by atomic mass is 10.2. The van der Waals surface area contributed by atoms with Crippen LogP contribution >= 0.6 is 0 Å². The van der Waals surface area contributed by atoms with Crippen molar-refractivity contribution in [3.63, 3.8) is 0 Å². The monoisotopic (exact) mass is 315 g/mol. The normalized spacial score (nSPS) is 9.91. The minimum absolute atomic E-state index is 0.0834. The van der Waals surface area contributed by atoms with E-state index in [2.05, 4.69) is 15.3 Å². The summed E-state index contributed by atoms with van der Waals surface area (Å²) in [6, 6.07) is 5.93. The number of nitrogens with zero attached hydrogens (tertiary/aromatic N) is 2. The first-order chi connectivity index (χ1) is 11.0. The summed E-state index contributed by atoms with van der Waals surface area (Å²) < 4.78 is 4.80. The summed E-state index contributed by atoms with van der Waals surface area (Å²) in [4.78, 5) is 41.8. The lowest BCUT2D eigenvalue weighted by molar-refractivity contribution is -0.119. The minimum atomic E-state index is -0.852. The fraction of sp³-hybridized carbons (Fsp3) is 0.0714. The van der Waals surface area contributed by atoms with Gasteiger partial charge in [-0.3, -0.25) is 9.59 Å². The van der Waals surface area contributed by atoms with Gasteiger partial charge in [0.15, 0.2) is 18.1 Å². The Morgan fingerprint density at radius 3 is 2.35 bits per heavy atom. The van der Waals surface area contributed by atoms with Crippen LogP contribution in [0.3, 0.4) is 0 Å². The number of hydrogen-bond donors (Lipinski definition) is 3. The first-order valence-corrected chi connectivity index (χ1v) is 6.40. The second kappa shape index (κ2) is 6.98. The van der Waals surface area contributed by atoms with Crippen LogP contribution in [0.15, 0.2) is 36.7 Å². The summed E-state index contributed by atoms with van der Waals surface area (Å²) in [6.45, 7) is -0.521. The highest BCUT2D eigenvalue weighted by Crippen LogP contribution is 2.09. The van der Waals surface area contributed by atoms with Crippen LogP contribution in [-0.4, -0.2) is 34.4 Å². The summed E-state index contributed by atoms with van der Waals surface area (Å²) >= 11 is 0. The molecule has 23 heavy (non-hydrogen) atoms. The molecule has 2 amide bonds. The second-order valence-electron chi connectivity index (χ2n) is 4.36. The number of rotatable bonds is 5. The van der Waals surface area contributed by atoms with Crippen LogP contribution in [0, 0.1) is 0 Å². The SMILES string of the molecule is NC(=O)c1ccc(NC(=O)COC(=O)c2nccnc2N)cc1. The van der Waals surface area contributed by atoms with E-state index in [1.165, 1.54) is 36.7 Å². The van der Waals surface area contributed by atoms with Crippen molar-refractivity contribution in [2.45, 2.75) is 0 Å². The Hall–Kier alpha value is -3.49. The summed E-state index contributed by atoms with van der Waals surface area (Å²) in [5.41, 5.74) is 11.2. The van der Waals surface area contributed by atoms with Gasteiger partial charge in [0.1, 0.15) is 0 Å². The third kappa shape index (κ3) is 4.24. The van der Waals surface area contributed by atoms with Crippen LogP contribution in [0.1, 0.15) is 20.8 Å². The molecule has 0 aliphatic heterocycles. The fourth-order valence-electron chi connectivity index (χ4n) is 1.62. The molecule has 0 saturated carbocycles. The highest BCUT2D eigenvalue weighted by atomic mass is 16.5.